The van der Waals surface area contributed by atoms with Crippen LogP contribution in [0.1, 0.15) is 20.3 Å². The molecule has 1 N–H and O–H groups in total. The highest BCUT2D eigenvalue weighted by molar-refractivity contribution is 5.95. The van der Waals surface area contributed by atoms with Gasteiger partial charge in [-0.3, -0.25) is 14.4 Å². The molecule has 100 valence electrons. The van der Waals surface area contributed by atoms with Gasteiger partial charge >= 0.3 is 5.97 Å². The minimum atomic E-state index is -0.924. The monoisotopic (exact) mass is 254 g/mol. The number of likely N-dealkylation sites (N-methyl/N-ethyl adjacent to an activating group) is 1. The Morgan fingerprint density at radius 2 is 1.89 bits per heavy atom. The topological polar surface area (TPSA) is 77.9 Å². The Bertz CT molecular complexity index is 418. The Morgan fingerprint density at radius 3 is 2.39 bits per heavy atom. The maximum atomic E-state index is 12.2. The Kier molecular flexibility index (Phi) is 2.83. The number of piperazine rings is 1. The first-order valence-corrected chi connectivity index (χ1v) is 6.06. The highest BCUT2D eigenvalue weighted by atomic mass is 16.4. The van der Waals surface area contributed by atoms with Gasteiger partial charge in [0.2, 0.25) is 11.8 Å². The number of carboxylic acid groups (broad SMARTS) is 1. The van der Waals surface area contributed by atoms with Crippen LogP contribution >= 0.6 is 0 Å². The number of carbonyl (C=O) groups excluding carboxylic acids is 2. The van der Waals surface area contributed by atoms with E-state index in [-0.39, 0.29) is 11.8 Å². The average molecular weight is 254 g/mol. The zero-order chi connectivity index (χ0) is 13.7. The van der Waals surface area contributed by atoms with Crippen molar-refractivity contribution in [2.45, 2.75) is 25.8 Å². The van der Waals surface area contributed by atoms with E-state index in [2.05, 4.69) is 0 Å². The molecule has 0 aromatic carbocycles. The van der Waals surface area contributed by atoms with E-state index in [1.165, 1.54) is 4.90 Å². The first kappa shape index (κ1) is 12.9. The second-order valence-corrected chi connectivity index (χ2v) is 5.56. The van der Waals surface area contributed by atoms with Gasteiger partial charge in [0.1, 0.15) is 5.54 Å². The van der Waals surface area contributed by atoms with Crippen LogP contribution in [0.3, 0.4) is 0 Å². The molecule has 0 spiro atoms. The summed E-state index contributed by atoms with van der Waals surface area (Å²) in [6, 6.07) is 0. The van der Waals surface area contributed by atoms with Crippen molar-refractivity contribution in [1.82, 2.24) is 9.80 Å². The maximum absolute atomic E-state index is 12.2. The summed E-state index contributed by atoms with van der Waals surface area (Å²) in [5.41, 5.74) is -0.879. The maximum Gasteiger partial charge on any atom is 0.307 e. The molecule has 1 saturated carbocycles. The van der Waals surface area contributed by atoms with Crippen LogP contribution in [0.4, 0.5) is 0 Å². The number of carbonyl (C=O) groups is 3. The highest BCUT2D eigenvalue weighted by Crippen LogP contribution is 2.41. The summed E-state index contributed by atoms with van der Waals surface area (Å²) in [6.07, 6.45) is 0.394. The minimum absolute atomic E-state index is 0.102. The van der Waals surface area contributed by atoms with Gasteiger partial charge in [0.05, 0.1) is 11.8 Å². The number of hydrogen-bond donors (Lipinski definition) is 1. The molecule has 6 nitrogen and oxygen atoms in total. The van der Waals surface area contributed by atoms with E-state index in [1.54, 1.807) is 25.8 Å². The fourth-order valence-corrected chi connectivity index (χ4v) is 2.54. The van der Waals surface area contributed by atoms with Crippen molar-refractivity contribution < 1.29 is 19.5 Å². The molecule has 18 heavy (non-hydrogen) atoms. The van der Waals surface area contributed by atoms with E-state index in [9.17, 15) is 14.4 Å². The number of nitrogens with zero attached hydrogens (tertiary/aromatic N) is 2. The molecule has 0 aromatic heterocycles. The number of hydrogen-bond acceptors (Lipinski definition) is 3. The molecule has 1 aliphatic heterocycles. The quantitative estimate of drug-likeness (QED) is 0.739. The molecule has 2 amide bonds. The third-order valence-electron chi connectivity index (χ3n) is 3.89. The summed E-state index contributed by atoms with van der Waals surface area (Å²) < 4.78 is 0. The first-order valence-electron chi connectivity index (χ1n) is 6.06. The van der Waals surface area contributed by atoms with Crippen LogP contribution in [-0.2, 0) is 14.4 Å². The van der Waals surface area contributed by atoms with Crippen LogP contribution in [0.15, 0.2) is 0 Å². The predicted molar refractivity (Wildman–Crippen MR) is 62.7 cm³/mol. The smallest absolute Gasteiger partial charge is 0.307 e. The number of rotatable bonds is 2. The zero-order valence-corrected chi connectivity index (χ0v) is 10.8. The Balaban J connectivity index is 2.12. The van der Waals surface area contributed by atoms with E-state index >= 15 is 0 Å². The lowest BCUT2D eigenvalue weighted by atomic mass is 9.97. The molecule has 1 heterocycles. The SMILES string of the molecule is CN1CCN(C(=O)[C@@H]2C[C@@H]2C(=O)O)C(C)(C)C1=O. The van der Waals surface area contributed by atoms with Gasteiger partial charge < -0.3 is 14.9 Å². The molecule has 2 fully saturated rings. The predicted octanol–water partition coefficient (Wildman–Crippen LogP) is -0.214. The minimum Gasteiger partial charge on any atom is -0.481 e. The molecule has 2 rings (SSSR count). The van der Waals surface area contributed by atoms with Crippen LogP contribution < -0.4 is 0 Å². The van der Waals surface area contributed by atoms with E-state index < -0.39 is 23.3 Å². The zero-order valence-electron chi connectivity index (χ0n) is 10.8. The standard InChI is InChI=1S/C12H18N2O4/c1-12(2)11(18)13(3)4-5-14(12)9(15)7-6-8(7)10(16)17/h7-8H,4-6H2,1-3H3,(H,16,17)/t7-,8+/m1/s1. The van der Waals surface area contributed by atoms with Gasteiger partial charge in [-0.15, -0.1) is 0 Å². The lowest BCUT2D eigenvalue weighted by Gasteiger charge is -2.44. The van der Waals surface area contributed by atoms with E-state index in [4.69, 9.17) is 5.11 Å². The summed E-state index contributed by atoms with van der Waals surface area (Å²) >= 11 is 0. The number of carboxylic acids is 1. The Hall–Kier alpha value is -1.59. The van der Waals surface area contributed by atoms with Crippen molar-refractivity contribution in [3.63, 3.8) is 0 Å². The molecule has 1 saturated heterocycles. The number of aliphatic carboxylic acids is 1. The summed E-state index contributed by atoms with van der Waals surface area (Å²) in [7, 11) is 1.71. The summed E-state index contributed by atoms with van der Waals surface area (Å²) in [5, 5.41) is 8.85. The van der Waals surface area contributed by atoms with Crippen LogP contribution in [0.5, 0.6) is 0 Å². The second-order valence-electron chi connectivity index (χ2n) is 5.56. The van der Waals surface area contributed by atoms with Crippen LogP contribution in [0, 0.1) is 11.8 Å². The van der Waals surface area contributed by atoms with Gasteiger partial charge in [-0.25, -0.2) is 0 Å². The molecule has 6 heteroatoms. The van der Waals surface area contributed by atoms with Crippen LogP contribution in [0.25, 0.3) is 0 Å². The van der Waals surface area contributed by atoms with Gasteiger partial charge in [0.25, 0.3) is 0 Å². The van der Waals surface area contributed by atoms with Gasteiger partial charge in [-0.2, -0.15) is 0 Å². The molecule has 0 bridgehead atoms. The van der Waals surface area contributed by atoms with Gasteiger partial charge in [0, 0.05) is 20.1 Å². The van der Waals surface area contributed by atoms with E-state index in [0.29, 0.717) is 19.5 Å². The van der Waals surface area contributed by atoms with Gasteiger partial charge in [-0.05, 0) is 20.3 Å². The average Bonchev–Trinajstić information content (AvgIpc) is 3.05. The second kappa shape index (κ2) is 3.96. The van der Waals surface area contributed by atoms with Crippen LogP contribution in [0.2, 0.25) is 0 Å². The molecule has 1 aliphatic carbocycles. The fraction of sp³-hybridized carbons (Fsp3) is 0.750. The molecule has 0 unspecified atom stereocenters. The third-order valence-corrected chi connectivity index (χ3v) is 3.89. The highest BCUT2D eigenvalue weighted by Gasteiger charge is 2.53. The molecular formula is C12H18N2O4. The lowest BCUT2D eigenvalue weighted by molar-refractivity contribution is -0.158. The molecule has 0 aromatic rings. The number of amides is 2. The molecular weight excluding hydrogens is 236 g/mol. The van der Waals surface area contributed by atoms with Crippen molar-refractivity contribution in [2.75, 3.05) is 20.1 Å². The van der Waals surface area contributed by atoms with Crippen molar-refractivity contribution in [2.24, 2.45) is 11.8 Å². The van der Waals surface area contributed by atoms with E-state index in [0.717, 1.165) is 0 Å². The lowest BCUT2D eigenvalue weighted by Crippen LogP contribution is -2.64. The van der Waals surface area contributed by atoms with Crippen molar-refractivity contribution in [3.8, 4) is 0 Å². The summed E-state index contributed by atoms with van der Waals surface area (Å²) in [6.45, 7) is 4.39. The Morgan fingerprint density at radius 1 is 1.28 bits per heavy atom. The normalized spacial score (nSPS) is 30.3. The Labute approximate surface area is 106 Å². The first-order chi connectivity index (χ1) is 8.26. The van der Waals surface area contributed by atoms with Crippen molar-refractivity contribution in [1.29, 1.82) is 0 Å². The fourth-order valence-electron chi connectivity index (χ4n) is 2.54. The van der Waals surface area contributed by atoms with E-state index in [1.807, 2.05) is 0 Å². The molecule has 2 aliphatic rings. The van der Waals surface area contributed by atoms with Crippen molar-refractivity contribution >= 4 is 17.8 Å². The third kappa shape index (κ3) is 1.85. The summed E-state index contributed by atoms with van der Waals surface area (Å²) in [5.74, 6) is -2.24. The molecule has 2 atom stereocenters. The van der Waals surface area contributed by atoms with Gasteiger partial charge in [0.15, 0.2) is 0 Å². The van der Waals surface area contributed by atoms with Gasteiger partial charge in [-0.1, -0.05) is 0 Å². The van der Waals surface area contributed by atoms with Crippen molar-refractivity contribution in [3.05, 3.63) is 0 Å². The van der Waals surface area contributed by atoms with Crippen LogP contribution in [-0.4, -0.2) is 58.4 Å². The molecule has 0 radical (unpaired) electrons. The summed E-state index contributed by atoms with van der Waals surface area (Å²) in [4.78, 5) is 38.2. The largest absolute Gasteiger partial charge is 0.481 e.